The quantitative estimate of drug-likeness (QED) is 0.565. The van der Waals surface area contributed by atoms with Gasteiger partial charge in [0.2, 0.25) is 0 Å². The van der Waals surface area contributed by atoms with Gasteiger partial charge in [-0.2, -0.15) is 0 Å². The monoisotopic (exact) mass is 336 g/mol. The first-order valence-electron chi connectivity index (χ1n) is 6.47. The van der Waals surface area contributed by atoms with E-state index in [4.69, 9.17) is 16.2 Å². The first-order valence-corrected chi connectivity index (χ1v) is 6.47. The molecule has 1 aromatic carbocycles. The van der Waals surface area contributed by atoms with Crippen LogP contribution in [0.1, 0.15) is 28.3 Å². The highest BCUT2D eigenvalue weighted by Crippen LogP contribution is 2.22. The Kier molecular flexibility index (Phi) is 8.23. The van der Waals surface area contributed by atoms with Crippen LogP contribution >= 0.6 is 0 Å². The Morgan fingerprint density at radius 3 is 1.75 bits per heavy atom. The van der Waals surface area contributed by atoms with Gasteiger partial charge in [0.25, 0.3) is 0 Å². The molecule has 3 nitrogen and oxygen atoms in total. The number of anilines is 2. The summed E-state index contributed by atoms with van der Waals surface area (Å²) in [6, 6.07) is 4.87. The predicted molar refractivity (Wildman–Crippen MR) is 128 cm³/mol. The molecule has 0 aliphatic rings. The van der Waals surface area contributed by atoms with Crippen molar-refractivity contribution in [1.29, 1.82) is 0 Å². The second-order valence-electron chi connectivity index (χ2n) is 3.75. The second-order valence-corrected chi connectivity index (χ2v) is 3.75. The van der Waals surface area contributed by atoms with Gasteiger partial charge in [0.15, 0.2) is 5.75 Å². The van der Waals surface area contributed by atoms with Gasteiger partial charge in [-0.3, -0.25) is 0 Å². The third-order valence-corrected chi connectivity index (χ3v) is 2.06. The minimum atomic E-state index is 0. The number of benzene rings is 1. The number of nitrogen functional groups attached to an aromatic ring is 2. The molecule has 0 saturated carbocycles. The van der Waals surface area contributed by atoms with Gasteiger partial charge in [-0.05, 0) is 60.6 Å². The van der Waals surface area contributed by atoms with Crippen LogP contribution in [0, 0.1) is 83.1 Å². The Morgan fingerprint density at radius 1 is 0.750 bits per heavy atom. The molecular formula is C21H40N2O. The summed E-state index contributed by atoms with van der Waals surface area (Å²) in [6.07, 6.45) is 2.40. The third kappa shape index (κ3) is 7.97. The molecule has 0 atom stereocenters. The maximum absolute atomic E-state index is 5.70. The summed E-state index contributed by atoms with van der Waals surface area (Å²) in [5, 5.41) is 0. The van der Waals surface area contributed by atoms with Gasteiger partial charge in [-0.15, -0.1) is 0 Å². The van der Waals surface area contributed by atoms with Crippen molar-refractivity contribution in [3.8, 4) is 88.8 Å². The molecule has 0 unspecified atom stereocenters. The molecular weight excluding hydrogens is 296 g/mol. The standard InChI is InChI=1S/C21H10N2O.15H2/c1-2-3-4-5-6-7-8-9-10-11-12-13-14-17-24-21-16-15-19(22)18-20(21)23;;;;;;;;;;;;;;;/h15-16,18H,22-23H2,1H3;15*1H. The van der Waals surface area contributed by atoms with Crippen molar-refractivity contribution in [3.63, 3.8) is 0 Å². The summed E-state index contributed by atoms with van der Waals surface area (Å²) in [6.45, 7) is 1.70. The van der Waals surface area contributed by atoms with E-state index in [-0.39, 0.29) is 21.4 Å². The molecule has 140 valence electrons. The van der Waals surface area contributed by atoms with Crippen LogP contribution in [-0.2, 0) is 0 Å². The highest BCUT2D eigenvalue weighted by atomic mass is 16.5. The number of ether oxygens (including phenoxy) is 1. The summed E-state index contributed by atoms with van der Waals surface area (Å²) in [5.74, 6) is 33.2. The fourth-order valence-electron chi connectivity index (χ4n) is 1.14. The Balaban J connectivity index is -0.0000000295. The molecule has 1 rings (SSSR count). The average molecular weight is 337 g/mol. The van der Waals surface area contributed by atoms with Crippen molar-refractivity contribution in [2.75, 3.05) is 11.5 Å². The van der Waals surface area contributed by atoms with Crippen molar-refractivity contribution in [2.24, 2.45) is 0 Å². The molecule has 0 heterocycles. The first kappa shape index (κ1) is 17.6. The molecule has 0 amide bonds. The average Bonchev–Trinajstić information content (AvgIpc) is 2.57. The van der Waals surface area contributed by atoms with Crippen LogP contribution in [-0.4, -0.2) is 0 Å². The number of rotatable bonds is 1. The lowest BCUT2D eigenvalue weighted by Crippen LogP contribution is -1.93. The zero-order valence-corrected chi connectivity index (χ0v) is 12.8. The van der Waals surface area contributed by atoms with Crippen LogP contribution in [0.4, 0.5) is 11.4 Å². The predicted octanol–water partition coefficient (Wildman–Crippen LogP) is 4.92. The summed E-state index contributed by atoms with van der Waals surface area (Å²) in [4.78, 5) is 0. The summed E-state index contributed by atoms with van der Waals surface area (Å²) >= 11 is 0. The molecule has 0 radical (unpaired) electrons. The van der Waals surface area contributed by atoms with Gasteiger partial charge in [-0.25, -0.2) is 0 Å². The van der Waals surface area contributed by atoms with Gasteiger partial charge in [0.1, 0.15) is 6.11 Å². The lowest BCUT2D eigenvalue weighted by atomic mass is 10.2. The highest BCUT2D eigenvalue weighted by molar-refractivity contribution is 5.61. The molecule has 0 aliphatic heterocycles. The zero-order chi connectivity index (χ0) is 17.5. The number of hydrogen-bond acceptors (Lipinski definition) is 3. The Morgan fingerprint density at radius 2 is 1.25 bits per heavy atom. The SMILES string of the molecule is CC#CC#CC#CC#CC#CC#CC#COc1ccc(N)cc1N.[HH].[HH].[HH].[HH].[HH].[HH].[HH].[HH].[HH].[HH].[HH].[HH].[HH].[HH].[HH]. The normalized spacial score (nSPS) is 6.21. The lowest BCUT2D eigenvalue weighted by Gasteiger charge is -2.01. The fourth-order valence-corrected chi connectivity index (χ4v) is 1.14. The maximum Gasteiger partial charge on any atom is 0.163 e. The van der Waals surface area contributed by atoms with Gasteiger partial charge < -0.3 is 16.2 Å². The molecule has 0 bridgehead atoms. The van der Waals surface area contributed by atoms with Crippen molar-refractivity contribution < 1.29 is 26.1 Å². The van der Waals surface area contributed by atoms with E-state index in [0.29, 0.717) is 17.1 Å². The fraction of sp³-hybridized carbons (Fsp3) is 0.0476. The van der Waals surface area contributed by atoms with Crippen LogP contribution in [0.25, 0.3) is 0 Å². The zero-order valence-electron chi connectivity index (χ0n) is 12.8. The second kappa shape index (κ2) is 11.2. The van der Waals surface area contributed by atoms with E-state index in [1.54, 1.807) is 25.1 Å². The molecule has 0 fully saturated rings. The highest BCUT2D eigenvalue weighted by Gasteiger charge is 1.98. The van der Waals surface area contributed by atoms with Gasteiger partial charge in [0.05, 0.1) is 5.69 Å². The van der Waals surface area contributed by atoms with E-state index in [0.717, 1.165) is 0 Å². The molecule has 24 heavy (non-hydrogen) atoms. The van der Waals surface area contributed by atoms with E-state index < -0.39 is 0 Å². The molecule has 0 saturated heterocycles. The summed E-state index contributed by atoms with van der Waals surface area (Å²) in [7, 11) is 0. The van der Waals surface area contributed by atoms with Gasteiger partial charge in [0, 0.05) is 62.6 Å². The van der Waals surface area contributed by atoms with Crippen LogP contribution in [0.15, 0.2) is 18.2 Å². The van der Waals surface area contributed by atoms with E-state index >= 15 is 0 Å². The van der Waals surface area contributed by atoms with Crippen LogP contribution < -0.4 is 16.2 Å². The molecule has 0 spiro atoms. The third-order valence-electron chi connectivity index (χ3n) is 2.06. The maximum atomic E-state index is 5.70. The molecule has 0 aliphatic carbocycles. The molecule has 3 heteroatoms. The largest absolute Gasteiger partial charge is 0.404 e. The van der Waals surface area contributed by atoms with E-state index in [1.165, 1.54) is 0 Å². The topological polar surface area (TPSA) is 61.3 Å². The first-order chi connectivity index (χ1) is 11.7. The Bertz CT molecular complexity index is 1080. The van der Waals surface area contributed by atoms with E-state index in [2.05, 4.69) is 83.1 Å². The minimum Gasteiger partial charge on any atom is -0.404 e. The number of hydrogen-bond donors (Lipinski definition) is 2. The van der Waals surface area contributed by atoms with Gasteiger partial charge >= 0.3 is 0 Å². The van der Waals surface area contributed by atoms with Crippen molar-refractivity contribution in [2.45, 2.75) is 6.92 Å². The molecule has 0 aromatic heterocycles. The van der Waals surface area contributed by atoms with Crippen LogP contribution in [0.5, 0.6) is 5.75 Å². The lowest BCUT2D eigenvalue weighted by molar-refractivity contribution is 0.523. The minimum absolute atomic E-state index is 0. The van der Waals surface area contributed by atoms with Crippen molar-refractivity contribution in [3.05, 3.63) is 18.2 Å². The Labute approximate surface area is 164 Å². The van der Waals surface area contributed by atoms with Crippen molar-refractivity contribution >= 4 is 11.4 Å². The summed E-state index contributed by atoms with van der Waals surface area (Å²) < 4.78 is 5.13. The van der Waals surface area contributed by atoms with Crippen molar-refractivity contribution in [1.82, 2.24) is 0 Å². The smallest absolute Gasteiger partial charge is 0.163 e. The van der Waals surface area contributed by atoms with Crippen LogP contribution in [0.2, 0.25) is 0 Å². The number of nitrogens with two attached hydrogens (primary N) is 2. The summed E-state index contributed by atoms with van der Waals surface area (Å²) in [5.41, 5.74) is 12.2. The molecule has 4 N–H and O–H groups in total. The van der Waals surface area contributed by atoms with E-state index in [9.17, 15) is 0 Å². The van der Waals surface area contributed by atoms with Gasteiger partial charge in [-0.1, -0.05) is 5.92 Å². The Hall–Kier alpha value is -4.46. The molecule has 1 aromatic rings. The van der Waals surface area contributed by atoms with E-state index in [1.807, 2.05) is 0 Å². The van der Waals surface area contributed by atoms with Crippen LogP contribution in [0.3, 0.4) is 0 Å².